The van der Waals surface area contributed by atoms with Crippen molar-refractivity contribution in [1.29, 1.82) is 0 Å². The molecule has 240 valence electrons. The molecular formula is C32H46FNO7S2. The summed E-state index contributed by atoms with van der Waals surface area (Å²) in [7, 11) is 0. The van der Waals surface area contributed by atoms with E-state index in [-0.39, 0.29) is 60.0 Å². The number of ketones is 2. The van der Waals surface area contributed by atoms with Gasteiger partial charge in [0.2, 0.25) is 4.38 Å². The molecule has 5 rings (SSSR count). The van der Waals surface area contributed by atoms with E-state index in [4.69, 9.17) is 21.7 Å². The molecule has 4 fully saturated rings. The number of thiocarbonyl (C=S) groups is 1. The van der Waals surface area contributed by atoms with Crippen molar-refractivity contribution in [3.63, 3.8) is 0 Å². The maximum absolute atomic E-state index is 17.4. The average Bonchev–Trinajstić information content (AvgIpc) is 3.16. The maximum atomic E-state index is 17.4. The Hall–Kier alpha value is -1.56. The molecule has 1 saturated heterocycles. The van der Waals surface area contributed by atoms with Crippen LogP contribution in [0.4, 0.5) is 9.18 Å². The van der Waals surface area contributed by atoms with Gasteiger partial charge in [0.05, 0.1) is 18.1 Å². The van der Waals surface area contributed by atoms with Crippen molar-refractivity contribution in [3.05, 3.63) is 11.6 Å². The van der Waals surface area contributed by atoms with Gasteiger partial charge in [-0.05, 0) is 90.4 Å². The molecule has 0 aromatic rings. The lowest BCUT2D eigenvalue weighted by Gasteiger charge is -2.63. The van der Waals surface area contributed by atoms with Gasteiger partial charge in [-0.3, -0.25) is 14.5 Å². The van der Waals surface area contributed by atoms with Crippen molar-refractivity contribution < 1.29 is 38.5 Å². The van der Waals surface area contributed by atoms with Gasteiger partial charge in [0.1, 0.15) is 16.9 Å². The summed E-state index contributed by atoms with van der Waals surface area (Å²) < 4.78 is 28.7. The van der Waals surface area contributed by atoms with Gasteiger partial charge in [0.15, 0.2) is 11.6 Å². The zero-order valence-electron chi connectivity index (χ0n) is 26.1. The number of ether oxygens (including phenoxy) is 2. The van der Waals surface area contributed by atoms with Gasteiger partial charge in [-0.2, -0.15) is 0 Å². The van der Waals surface area contributed by atoms with Crippen LogP contribution in [0.15, 0.2) is 11.6 Å². The Bertz CT molecular complexity index is 1240. The predicted octanol–water partition coefficient (Wildman–Crippen LogP) is 5.52. The molecule has 43 heavy (non-hydrogen) atoms. The van der Waals surface area contributed by atoms with Gasteiger partial charge in [0.25, 0.3) is 0 Å². The van der Waals surface area contributed by atoms with Crippen LogP contribution in [-0.2, 0) is 19.1 Å². The van der Waals surface area contributed by atoms with E-state index in [1.165, 1.54) is 16.7 Å². The summed E-state index contributed by atoms with van der Waals surface area (Å²) in [5.74, 6) is -1.45. The van der Waals surface area contributed by atoms with Crippen LogP contribution >= 0.6 is 24.0 Å². The Morgan fingerprint density at radius 3 is 2.53 bits per heavy atom. The van der Waals surface area contributed by atoms with Gasteiger partial charge in [0, 0.05) is 42.1 Å². The minimum absolute atomic E-state index is 0.00483. The molecule has 0 radical (unpaired) electrons. The number of halogens is 1. The molecule has 1 aliphatic heterocycles. The predicted molar refractivity (Wildman–Crippen MR) is 165 cm³/mol. The lowest BCUT2D eigenvalue weighted by Crippen LogP contribution is -2.69. The minimum atomic E-state index is -1.94. The fraction of sp³-hybridized carbons (Fsp3) is 0.812. The smallest absolute Gasteiger partial charge is 0.411 e. The van der Waals surface area contributed by atoms with E-state index in [0.29, 0.717) is 32.3 Å². The number of aliphatic hydroxyl groups excluding tert-OH is 1. The number of amides is 1. The second-order valence-corrected chi connectivity index (χ2v) is 16.5. The summed E-state index contributed by atoms with van der Waals surface area (Å²) in [5.41, 5.74) is -5.54. The second-order valence-electron chi connectivity index (χ2n) is 14.7. The summed E-state index contributed by atoms with van der Waals surface area (Å²) in [4.78, 5) is 40.7. The number of allylic oxidation sites excluding steroid dienone is 1. The lowest BCUT2D eigenvalue weighted by atomic mass is 9.43. The Kier molecular flexibility index (Phi) is 8.44. The average molecular weight is 640 g/mol. The summed E-state index contributed by atoms with van der Waals surface area (Å²) in [5, 5.41) is 23.3. The quantitative estimate of drug-likeness (QED) is 0.376. The molecule has 4 aliphatic carbocycles. The molecule has 0 spiro atoms. The topological polar surface area (TPSA) is 113 Å². The van der Waals surface area contributed by atoms with Crippen molar-refractivity contribution in [2.45, 2.75) is 121 Å². The summed E-state index contributed by atoms with van der Waals surface area (Å²) in [6, 6.07) is 0. The van der Waals surface area contributed by atoms with E-state index in [1.54, 1.807) is 26.8 Å². The van der Waals surface area contributed by atoms with Crippen LogP contribution in [0.2, 0.25) is 0 Å². The fourth-order valence-corrected chi connectivity index (χ4v) is 10.5. The SMILES string of the molecule is CCOC(=S)S[C@@H]1[C@@H](CC(=O)[C@@]2(O)CC[C@H]3[C@@H]4CCC5=CC(=O)CC[C@]5(C)[C@@]4(F)[C@@H](O)C[C@@]32C)CN1C(=O)OC(C)(C)C. The molecule has 3 saturated carbocycles. The first-order valence-electron chi connectivity index (χ1n) is 15.6. The first-order chi connectivity index (χ1) is 19.9. The van der Waals surface area contributed by atoms with Crippen LogP contribution in [-0.4, -0.2) is 78.7 Å². The van der Waals surface area contributed by atoms with Crippen molar-refractivity contribution in [1.82, 2.24) is 4.90 Å². The largest absolute Gasteiger partial charge is 0.479 e. The molecule has 8 nitrogen and oxygen atoms in total. The standard InChI is InChI=1S/C32H46FNO7S2/c1-7-40-27(42)43-25-18(17-34(25)26(38)41-28(2,3)4)14-23(36)31(39)13-11-21-22-9-8-19-15-20(35)10-12-29(19,5)32(22,33)24(37)16-30(21,31)6/h15,18,21-22,24-25,37,39H,7-14,16-17H2,1-6H3/t18-,21-,22-,24-,25+,29-,30-,31-,32-/m0/s1. The lowest BCUT2D eigenvalue weighted by molar-refractivity contribution is -0.226. The van der Waals surface area contributed by atoms with Crippen molar-refractivity contribution in [2.75, 3.05) is 13.2 Å². The molecule has 1 heterocycles. The van der Waals surface area contributed by atoms with Gasteiger partial charge in [-0.25, -0.2) is 9.18 Å². The number of thioether (sulfide) groups is 1. The molecule has 0 aromatic heterocycles. The van der Waals surface area contributed by atoms with E-state index in [1.807, 2.05) is 20.8 Å². The molecule has 0 unspecified atom stereocenters. The zero-order valence-corrected chi connectivity index (χ0v) is 27.7. The number of nitrogens with zero attached hydrogens (tertiary/aromatic N) is 1. The Morgan fingerprint density at radius 2 is 1.88 bits per heavy atom. The molecule has 2 N–H and O–H groups in total. The summed E-state index contributed by atoms with van der Waals surface area (Å²) in [6.07, 6.45) is 2.01. The van der Waals surface area contributed by atoms with Gasteiger partial charge >= 0.3 is 6.09 Å². The number of fused-ring (bicyclic) bond motifs is 5. The molecule has 5 aliphatic rings. The number of alkyl halides is 1. The number of carbonyl (C=O) groups is 3. The number of Topliss-reactive ketones (excluding diaryl/α,β-unsaturated/α-hetero) is 1. The number of likely N-dealkylation sites (tertiary alicyclic amines) is 1. The van der Waals surface area contributed by atoms with E-state index in [9.17, 15) is 24.6 Å². The molecule has 0 aromatic carbocycles. The number of rotatable bonds is 5. The van der Waals surface area contributed by atoms with Crippen molar-refractivity contribution in [2.24, 2.45) is 28.6 Å². The highest BCUT2D eigenvalue weighted by Gasteiger charge is 2.74. The van der Waals surface area contributed by atoms with Crippen molar-refractivity contribution in [3.8, 4) is 0 Å². The van der Waals surface area contributed by atoms with Crippen LogP contribution in [0.1, 0.15) is 92.9 Å². The number of aliphatic hydroxyl groups is 2. The van der Waals surface area contributed by atoms with Crippen LogP contribution in [0.5, 0.6) is 0 Å². The monoisotopic (exact) mass is 639 g/mol. The van der Waals surface area contributed by atoms with Gasteiger partial charge < -0.3 is 19.7 Å². The third kappa shape index (κ3) is 5.08. The Morgan fingerprint density at radius 1 is 1.19 bits per heavy atom. The van der Waals surface area contributed by atoms with Gasteiger partial charge in [-0.15, -0.1) is 0 Å². The zero-order chi connectivity index (χ0) is 31.8. The van der Waals surface area contributed by atoms with Crippen molar-refractivity contribution >= 4 is 46.0 Å². The number of hydrogen-bond donors (Lipinski definition) is 2. The highest BCUT2D eigenvalue weighted by Crippen LogP contribution is 2.70. The third-order valence-electron chi connectivity index (χ3n) is 11.4. The number of carbonyl (C=O) groups excluding carboxylic acids is 3. The van der Waals surface area contributed by atoms with Crippen LogP contribution in [0, 0.1) is 28.6 Å². The Labute approximate surface area is 263 Å². The Balaban J connectivity index is 1.36. The summed E-state index contributed by atoms with van der Waals surface area (Å²) >= 11 is 6.54. The molecule has 1 amide bonds. The maximum Gasteiger partial charge on any atom is 0.411 e. The molecular weight excluding hydrogens is 593 g/mol. The normalized spacial score (nSPS) is 42.2. The highest BCUT2D eigenvalue weighted by atomic mass is 32.2. The molecule has 0 bridgehead atoms. The second kappa shape index (κ2) is 11.1. The summed E-state index contributed by atoms with van der Waals surface area (Å²) in [6.45, 7) is 11.5. The molecule has 11 heteroatoms. The van der Waals surface area contributed by atoms with Crippen LogP contribution in [0.25, 0.3) is 0 Å². The third-order valence-corrected chi connectivity index (χ3v) is 12.9. The first-order valence-corrected chi connectivity index (χ1v) is 16.9. The van der Waals surface area contributed by atoms with Gasteiger partial charge in [-0.1, -0.05) is 31.2 Å². The van der Waals surface area contributed by atoms with E-state index >= 15 is 4.39 Å². The van der Waals surface area contributed by atoms with E-state index < -0.39 is 51.2 Å². The minimum Gasteiger partial charge on any atom is -0.479 e. The van der Waals surface area contributed by atoms with Crippen LogP contribution in [0.3, 0.4) is 0 Å². The fourth-order valence-electron chi connectivity index (χ4n) is 9.08. The number of hydrogen-bond acceptors (Lipinski definition) is 9. The van der Waals surface area contributed by atoms with E-state index in [0.717, 1.165) is 5.57 Å². The van der Waals surface area contributed by atoms with E-state index in [2.05, 4.69) is 0 Å². The molecule has 9 atom stereocenters. The first kappa shape index (κ1) is 32.8. The highest BCUT2D eigenvalue weighted by molar-refractivity contribution is 8.23. The van der Waals surface area contributed by atoms with Crippen LogP contribution < -0.4 is 0 Å².